The number of anilines is 1. The van der Waals surface area contributed by atoms with E-state index in [2.05, 4.69) is 0 Å². The lowest BCUT2D eigenvalue weighted by Crippen LogP contribution is -2.35. The van der Waals surface area contributed by atoms with Crippen LogP contribution < -0.4 is 11.5 Å². The van der Waals surface area contributed by atoms with E-state index in [9.17, 15) is 25.9 Å². The van der Waals surface area contributed by atoms with Gasteiger partial charge in [0, 0.05) is 11.4 Å². The summed E-state index contributed by atoms with van der Waals surface area (Å²) in [6.07, 6.45) is 6.14. The molecule has 0 saturated heterocycles. The molecule has 0 bridgehead atoms. The van der Waals surface area contributed by atoms with Gasteiger partial charge in [-0.2, -0.15) is 16.8 Å². The van der Waals surface area contributed by atoms with Crippen LogP contribution in [0.15, 0.2) is 53.1 Å². The van der Waals surface area contributed by atoms with Crippen LogP contribution >= 0.6 is 0 Å². The van der Waals surface area contributed by atoms with E-state index in [1.165, 1.54) is 36.4 Å². The Kier molecular flexibility index (Phi) is 4.59. The predicted molar refractivity (Wildman–Crippen MR) is 90.0 cm³/mol. The largest absolute Gasteiger partial charge is 0.399 e. The molecule has 0 spiro atoms. The van der Waals surface area contributed by atoms with E-state index in [0.717, 1.165) is 12.1 Å². The minimum absolute atomic E-state index is 0.0191. The van der Waals surface area contributed by atoms with Crippen molar-refractivity contribution in [2.75, 3.05) is 5.73 Å². The first-order chi connectivity index (χ1) is 10.9. The molecule has 1 unspecified atom stereocenters. The van der Waals surface area contributed by atoms with Gasteiger partial charge in [0.05, 0.1) is 0 Å². The fourth-order valence-corrected chi connectivity index (χ4v) is 3.69. The van der Waals surface area contributed by atoms with Gasteiger partial charge >= 0.3 is 0 Å². The molecule has 1 aromatic rings. The molecule has 130 valence electrons. The van der Waals surface area contributed by atoms with Gasteiger partial charge in [-0.05, 0) is 30.2 Å². The molecular formula is C14H16N2O6S2. The van der Waals surface area contributed by atoms with Gasteiger partial charge in [0.2, 0.25) is 0 Å². The molecule has 0 amide bonds. The number of hydrogen-bond donors (Lipinski definition) is 4. The Morgan fingerprint density at radius 2 is 1.79 bits per heavy atom. The fourth-order valence-electron chi connectivity index (χ4n) is 2.19. The molecule has 1 atom stereocenters. The highest BCUT2D eigenvalue weighted by Crippen LogP contribution is 2.31. The van der Waals surface area contributed by atoms with Crippen molar-refractivity contribution in [1.82, 2.24) is 0 Å². The van der Waals surface area contributed by atoms with E-state index in [1.807, 2.05) is 0 Å². The van der Waals surface area contributed by atoms with E-state index in [0.29, 0.717) is 5.70 Å². The van der Waals surface area contributed by atoms with Crippen LogP contribution in [0.4, 0.5) is 5.69 Å². The minimum Gasteiger partial charge on any atom is -0.399 e. The SMILES string of the molecule is NC1=CCC(C=Cc2ccc(N)cc2S(=O)(=O)O)(S(=O)(=O)O)C=C1. The molecule has 0 saturated carbocycles. The van der Waals surface area contributed by atoms with Crippen molar-refractivity contribution >= 4 is 32.0 Å². The number of hydrogen-bond acceptors (Lipinski definition) is 6. The lowest BCUT2D eigenvalue weighted by atomic mass is 9.97. The average Bonchev–Trinajstić information content (AvgIpc) is 2.45. The number of nitrogen functional groups attached to an aromatic ring is 1. The summed E-state index contributed by atoms with van der Waals surface area (Å²) in [6.45, 7) is 0. The average molecular weight is 372 g/mol. The van der Waals surface area contributed by atoms with Crippen molar-refractivity contribution in [1.29, 1.82) is 0 Å². The van der Waals surface area contributed by atoms with Crippen LogP contribution in [-0.4, -0.2) is 30.7 Å². The molecule has 8 nitrogen and oxygen atoms in total. The third-order valence-electron chi connectivity index (χ3n) is 3.56. The van der Waals surface area contributed by atoms with Crippen LogP contribution in [0.5, 0.6) is 0 Å². The van der Waals surface area contributed by atoms with Crippen molar-refractivity contribution in [3.63, 3.8) is 0 Å². The van der Waals surface area contributed by atoms with Gasteiger partial charge in [0.1, 0.15) is 9.64 Å². The van der Waals surface area contributed by atoms with Gasteiger partial charge in [-0.25, -0.2) is 0 Å². The Morgan fingerprint density at radius 3 is 2.29 bits per heavy atom. The zero-order valence-corrected chi connectivity index (χ0v) is 14.0. The van der Waals surface area contributed by atoms with Gasteiger partial charge < -0.3 is 11.5 Å². The van der Waals surface area contributed by atoms with E-state index >= 15 is 0 Å². The zero-order chi connectivity index (χ0) is 18.2. The first-order valence-electron chi connectivity index (χ1n) is 6.63. The van der Waals surface area contributed by atoms with Gasteiger partial charge in [-0.3, -0.25) is 9.11 Å². The highest BCUT2D eigenvalue weighted by molar-refractivity contribution is 7.87. The lowest BCUT2D eigenvalue weighted by Gasteiger charge is -2.25. The number of benzene rings is 1. The van der Waals surface area contributed by atoms with Gasteiger partial charge in [-0.15, -0.1) is 0 Å². The maximum absolute atomic E-state index is 11.8. The van der Waals surface area contributed by atoms with Gasteiger partial charge in [0.25, 0.3) is 20.2 Å². The monoisotopic (exact) mass is 372 g/mol. The third-order valence-corrected chi connectivity index (χ3v) is 5.86. The first kappa shape index (κ1) is 18.2. The minimum atomic E-state index is -4.57. The molecule has 0 radical (unpaired) electrons. The molecule has 10 heteroatoms. The molecule has 2 rings (SSSR count). The normalized spacial score (nSPS) is 21.8. The summed E-state index contributed by atoms with van der Waals surface area (Å²) in [5, 5.41) is 0. The Hall–Kier alpha value is -2.14. The summed E-state index contributed by atoms with van der Waals surface area (Å²) < 4.78 is 63.4. The van der Waals surface area contributed by atoms with Crippen molar-refractivity contribution in [2.45, 2.75) is 16.1 Å². The van der Waals surface area contributed by atoms with E-state index in [1.54, 1.807) is 0 Å². The maximum atomic E-state index is 11.8. The number of rotatable bonds is 4. The second-order valence-corrected chi connectivity index (χ2v) is 8.38. The lowest BCUT2D eigenvalue weighted by molar-refractivity contribution is 0.461. The maximum Gasteiger partial charge on any atom is 0.295 e. The summed E-state index contributed by atoms with van der Waals surface area (Å²) in [4.78, 5) is -0.473. The Bertz CT molecular complexity index is 961. The highest BCUT2D eigenvalue weighted by Gasteiger charge is 2.38. The molecule has 0 heterocycles. The van der Waals surface area contributed by atoms with E-state index in [-0.39, 0.29) is 17.7 Å². The second-order valence-electron chi connectivity index (χ2n) is 5.28. The van der Waals surface area contributed by atoms with Crippen LogP contribution in [0.1, 0.15) is 12.0 Å². The fraction of sp³-hybridized carbons (Fsp3) is 0.143. The van der Waals surface area contributed by atoms with Crippen LogP contribution in [-0.2, 0) is 20.2 Å². The Morgan fingerprint density at radius 1 is 1.12 bits per heavy atom. The molecule has 1 aromatic carbocycles. The van der Waals surface area contributed by atoms with Crippen LogP contribution in [0.3, 0.4) is 0 Å². The molecule has 24 heavy (non-hydrogen) atoms. The van der Waals surface area contributed by atoms with E-state index < -0.39 is 29.9 Å². The molecule has 0 fully saturated rings. The molecular weight excluding hydrogens is 356 g/mol. The number of allylic oxidation sites excluding steroid dienone is 2. The summed E-state index contributed by atoms with van der Waals surface area (Å²) in [5.41, 5.74) is 11.5. The van der Waals surface area contributed by atoms with Crippen LogP contribution in [0.2, 0.25) is 0 Å². The quantitative estimate of drug-likeness (QED) is 0.449. The van der Waals surface area contributed by atoms with Gasteiger partial charge in [0.15, 0.2) is 0 Å². The summed E-state index contributed by atoms with van der Waals surface area (Å²) in [7, 11) is -9.11. The number of nitrogens with two attached hydrogens (primary N) is 2. The molecule has 0 aromatic heterocycles. The van der Waals surface area contributed by atoms with Crippen LogP contribution in [0.25, 0.3) is 6.08 Å². The predicted octanol–water partition coefficient (Wildman–Crippen LogP) is 0.958. The molecule has 6 N–H and O–H groups in total. The Balaban J connectivity index is 2.56. The smallest absolute Gasteiger partial charge is 0.295 e. The van der Waals surface area contributed by atoms with E-state index in [4.69, 9.17) is 11.5 Å². The van der Waals surface area contributed by atoms with Crippen molar-refractivity contribution < 1.29 is 25.9 Å². The summed E-state index contributed by atoms with van der Waals surface area (Å²) in [5.74, 6) is 0. The third kappa shape index (κ3) is 3.67. The standard InChI is InChI=1S/C14H16N2O6S2/c15-11-4-7-14(8-5-11,24(20,21)22)6-3-10-1-2-12(16)9-13(10)23(17,18)19/h1-7,9H,8,15-16H2,(H,17,18,19)(H,20,21,22). The van der Waals surface area contributed by atoms with Crippen LogP contribution in [0, 0.1) is 0 Å². The van der Waals surface area contributed by atoms with Crippen molar-refractivity contribution in [3.8, 4) is 0 Å². The highest BCUT2D eigenvalue weighted by atomic mass is 32.2. The van der Waals surface area contributed by atoms with Gasteiger partial charge in [-0.1, -0.05) is 30.4 Å². The molecule has 1 aliphatic carbocycles. The zero-order valence-electron chi connectivity index (χ0n) is 12.3. The Labute approximate surface area is 139 Å². The molecule has 0 aliphatic heterocycles. The topological polar surface area (TPSA) is 161 Å². The summed E-state index contributed by atoms with van der Waals surface area (Å²) in [6, 6.07) is 3.75. The summed E-state index contributed by atoms with van der Waals surface area (Å²) >= 11 is 0. The first-order valence-corrected chi connectivity index (χ1v) is 9.51. The van der Waals surface area contributed by atoms with Crippen molar-refractivity contribution in [2.24, 2.45) is 5.73 Å². The molecule has 1 aliphatic rings. The van der Waals surface area contributed by atoms with Crippen molar-refractivity contribution in [3.05, 3.63) is 53.8 Å². The second kappa shape index (κ2) is 6.06.